The first-order valence-corrected chi connectivity index (χ1v) is 5.88. The summed E-state index contributed by atoms with van der Waals surface area (Å²) in [5.74, 6) is 6.23. The summed E-state index contributed by atoms with van der Waals surface area (Å²) in [6.45, 7) is 0. The van der Waals surface area contributed by atoms with Gasteiger partial charge in [-0.05, 0) is 42.9 Å². The van der Waals surface area contributed by atoms with Crippen LogP contribution in [0.15, 0.2) is 47.7 Å². The van der Waals surface area contributed by atoms with Gasteiger partial charge in [0.1, 0.15) is 0 Å². The van der Waals surface area contributed by atoms with Crippen LogP contribution in [0.5, 0.6) is 0 Å². The van der Waals surface area contributed by atoms with E-state index in [-0.39, 0.29) is 0 Å². The lowest BCUT2D eigenvalue weighted by atomic mass is 9.99. The molecule has 0 aromatic heterocycles. The number of para-hydroxylation sites is 1. The largest absolute Gasteiger partial charge is 0.279 e. The third-order valence-corrected chi connectivity index (χ3v) is 3.40. The Morgan fingerprint density at radius 2 is 1.81 bits per heavy atom. The van der Waals surface area contributed by atoms with Crippen LogP contribution in [0, 0.1) is 0 Å². The molecule has 0 radical (unpaired) electrons. The molecule has 0 atom stereocenters. The molecule has 1 aliphatic heterocycles. The second-order valence-electron chi connectivity index (χ2n) is 4.39. The van der Waals surface area contributed by atoms with Crippen LogP contribution >= 0.6 is 0 Å². The van der Waals surface area contributed by atoms with Crippen LogP contribution in [0.25, 0.3) is 0 Å². The van der Waals surface area contributed by atoms with Gasteiger partial charge in [-0.1, -0.05) is 30.4 Å². The van der Waals surface area contributed by atoms with Crippen LogP contribution in [0.3, 0.4) is 0 Å². The van der Waals surface area contributed by atoms with Crippen LogP contribution < -0.4 is 10.9 Å². The molecule has 1 aromatic rings. The summed E-state index contributed by atoms with van der Waals surface area (Å²) in [5, 5.41) is 1.85. The lowest BCUT2D eigenvalue weighted by Crippen LogP contribution is -2.31. The summed E-state index contributed by atoms with van der Waals surface area (Å²) < 4.78 is 0. The van der Waals surface area contributed by atoms with Gasteiger partial charge in [0.25, 0.3) is 0 Å². The lowest BCUT2D eigenvalue weighted by Gasteiger charge is -2.24. The van der Waals surface area contributed by atoms with Crippen molar-refractivity contribution in [2.75, 3.05) is 5.01 Å². The highest BCUT2D eigenvalue weighted by molar-refractivity contribution is 5.62. The number of rotatable bonds is 0. The van der Waals surface area contributed by atoms with Crippen molar-refractivity contribution in [3.05, 3.63) is 53.3 Å². The fraction of sp³-hybridized carbons (Fsp3) is 0.286. The Morgan fingerprint density at radius 3 is 2.75 bits per heavy atom. The summed E-state index contributed by atoms with van der Waals surface area (Å²) in [6, 6.07) is 8.42. The number of nitrogens with zero attached hydrogens (tertiary/aromatic N) is 1. The van der Waals surface area contributed by atoms with Gasteiger partial charge in [-0.25, -0.2) is 5.84 Å². The van der Waals surface area contributed by atoms with Crippen molar-refractivity contribution in [1.29, 1.82) is 0 Å². The highest BCUT2D eigenvalue weighted by atomic mass is 15.4. The quantitative estimate of drug-likeness (QED) is 0.670. The Labute approximate surface area is 96.0 Å². The number of anilines is 1. The van der Waals surface area contributed by atoms with Crippen LogP contribution in [0.1, 0.15) is 24.8 Å². The topological polar surface area (TPSA) is 29.3 Å². The van der Waals surface area contributed by atoms with Crippen molar-refractivity contribution in [2.45, 2.75) is 25.7 Å². The first kappa shape index (κ1) is 9.67. The molecule has 0 spiro atoms. The number of benzene rings is 1. The number of hydrogen-bond acceptors (Lipinski definition) is 2. The molecule has 2 nitrogen and oxygen atoms in total. The summed E-state index contributed by atoms with van der Waals surface area (Å²) in [4.78, 5) is 0. The van der Waals surface area contributed by atoms with Gasteiger partial charge in [0.15, 0.2) is 0 Å². The third kappa shape index (κ3) is 1.46. The zero-order chi connectivity index (χ0) is 11.0. The summed E-state index contributed by atoms with van der Waals surface area (Å²) >= 11 is 0. The minimum atomic E-state index is 1.09. The van der Waals surface area contributed by atoms with E-state index in [1.54, 1.807) is 0 Å². The number of aryl methyl sites for hydroxylation is 1. The Balaban J connectivity index is 2.10. The molecular formula is C14H16N2. The third-order valence-electron chi connectivity index (χ3n) is 3.40. The first-order chi connectivity index (χ1) is 7.86. The molecule has 2 N–H and O–H groups in total. The van der Waals surface area contributed by atoms with E-state index in [0.717, 1.165) is 31.4 Å². The van der Waals surface area contributed by atoms with E-state index in [1.165, 1.54) is 16.8 Å². The maximum absolute atomic E-state index is 6.23. The van der Waals surface area contributed by atoms with Crippen molar-refractivity contribution >= 4 is 5.69 Å². The Bertz CT molecular complexity index is 471. The molecular weight excluding hydrogens is 196 g/mol. The zero-order valence-electron chi connectivity index (χ0n) is 9.32. The molecule has 16 heavy (non-hydrogen) atoms. The van der Waals surface area contributed by atoms with Gasteiger partial charge in [-0.3, -0.25) is 5.01 Å². The Kier molecular flexibility index (Phi) is 2.29. The van der Waals surface area contributed by atoms with Crippen LogP contribution in [0.2, 0.25) is 0 Å². The van der Waals surface area contributed by atoms with Crippen molar-refractivity contribution in [3.8, 4) is 0 Å². The predicted octanol–water partition coefficient (Wildman–Crippen LogP) is 2.92. The summed E-state index contributed by atoms with van der Waals surface area (Å²) in [5.41, 5.74) is 5.11. The Morgan fingerprint density at radius 1 is 1.00 bits per heavy atom. The highest BCUT2D eigenvalue weighted by Gasteiger charge is 2.21. The highest BCUT2D eigenvalue weighted by Crippen LogP contribution is 2.34. The zero-order valence-corrected chi connectivity index (χ0v) is 9.32. The molecule has 1 heterocycles. The van der Waals surface area contributed by atoms with Crippen molar-refractivity contribution in [3.63, 3.8) is 0 Å². The molecule has 0 amide bonds. The van der Waals surface area contributed by atoms with Crippen molar-refractivity contribution < 1.29 is 0 Å². The molecule has 2 aliphatic rings. The molecule has 0 fully saturated rings. The minimum absolute atomic E-state index is 1.09. The van der Waals surface area contributed by atoms with Gasteiger partial charge in [0.2, 0.25) is 0 Å². The number of allylic oxidation sites excluding steroid dienone is 3. The molecule has 0 saturated heterocycles. The van der Waals surface area contributed by atoms with Gasteiger partial charge in [-0.2, -0.15) is 0 Å². The summed E-state index contributed by atoms with van der Waals surface area (Å²) in [7, 11) is 0. The van der Waals surface area contributed by atoms with E-state index in [9.17, 15) is 0 Å². The van der Waals surface area contributed by atoms with Crippen LogP contribution in [-0.4, -0.2) is 0 Å². The lowest BCUT2D eigenvalue weighted by molar-refractivity contribution is 0.886. The first-order valence-electron chi connectivity index (χ1n) is 5.88. The van der Waals surface area contributed by atoms with Gasteiger partial charge in [-0.15, -0.1) is 0 Å². The molecule has 0 bridgehead atoms. The fourth-order valence-corrected chi connectivity index (χ4v) is 2.55. The monoisotopic (exact) mass is 212 g/mol. The number of nitrogens with two attached hydrogens (primary N) is 1. The second-order valence-corrected chi connectivity index (χ2v) is 4.39. The predicted molar refractivity (Wildman–Crippen MR) is 66.8 cm³/mol. The molecule has 1 aliphatic carbocycles. The maximum atomic E-state index is 6.23. The van der Waals surface area contributed by atoms with Crippen LogP contribution in [-0.2, 0) is 6.42 Å². The van der Waals surface area contributed by atoms with Gasteiger partial charge in [0, 0.05) is 0 Å². The molecule has 2 heteroatoms. The number of hydrogen-bond donors (Lipinski definition) is 1. The van der Waals surface area contributed by atoms with E-state index in [1.807, 2.05) is 5.01 Å². The van der Waals surface area contributed by atoms with E-state index >= 15 is 0 Å². The van der Waals surface area contributed by atoms with Crippen LogP contribution in [0.4, 0.5) is 5.69 Å². The van der Waals surface area contributed by atoms with E-state index in [0.29, 0.717) is 0 Å². The van der Waals surface area contributed by atoms with E-state index in [4.69, 9.17) is 5.84 Å². The summed E-state index contributed by atoms with van der Waals surface area (Å²) in [6.07, 6.45) is 9.06. The second kappa shape index (κ2) is 3.80. The van der Waals surface area contributed by atoms with Gasteiger partial charge in [0.05, 0.1) is 11.4 Å². The smallest absolute Gasteiger partial charge is 0.0607 e. The molecule has 3 rings (SSSR count). The average Bonchev–Trinajstić information content (AvgIpc) is 2.49. The normalized spacial score (nSPS) is 19.2. The molecule has 0 unspecified atom stereocenters. The van der Waals surface area contributed by atoms with Crippen molar-refractivity contribution in [1.82, 2.24) is 0 Å². The molecule has 1 aromatic carbocycles. The molecule has 82 valence electrons. The van der Waals surface area contributed by atoms with E-state index in [2.05, 4.69) is 36.4 Å². The SMILES string of the molecule is NN1C2=CCCC=C2CCc2ccccc21. The van der Waals surface area contributed by atoms with Gasteiger partial charge >= 0.3 is 0 Å². The maximum Gasteiger partial charge on any atom is 0.0607 e. The number of hydrazine groups is 1. The van der Waals surface area contributed by atoms with Gasteiger partial charge < -0.3 is 0 Å². The average molecular weight is 212 g/mol. The van der Waals surface area contributed by atoms with E-state index < -0.39 is 0 Å². The molecule has 0 saturated carbocycles. The number of fused-ring (bicyclic) bond motifs is 2. The minimum Gasteiger partial charge on any atom is -0.279 e. The Hall–Kier alpha value is -1.54. The fourth-order valence-electron chi connectivity index (χ4n) is 2.55. The standard InChI is InChI=1S/C14H16N2/c15-16-13-7-3-1-5-11(13)9-10-12-6-2-4-8-14(12)16/h1,3,5-8H,2,4,9-10,15H2. The van der Waals surface area contributed by atoms with Crippen molar-refractivity contribution in [2.24, 2.45) is 5.84 Å².